The minimum atomic E-state index is -1.61. The van der Waals surface area contributed by atoms with Crippen molar-refractivity contribution < 1.29 is 24.6 Å². The molecule has 0 saturated carbocycles. The molecule has 2 aliphatic rings. The molecule has 3 amide bonds. The predicted octanol–water partition coefficient (Wildman–Crippen LogP) is 4.28. The highest BCUT2D eigenvalue weighted by molar-refractivity contribution is 8.00. The summed E-state index contributed by atoms with van der Waals surface area (Å²) < 4.78 is -0.593. The van der Waals surface area contributed by atoms with E-state index in [2.05, 4.69) is 16.7 Å². The van der Waals surface area contributed by atoms with Crippen molar-refractivity contribution in [2.24, 2.45) is 0 Å². The third-order valence-corrected chi connectivity index (χ3v) is 9.94. The number of phenols is 1. The highest BCUT2D eigenvalue weighted by atomic mass is 32.2. The number of aromatic hydroxyl groups is 1. The van der Waals surface area contributed by atoms with Crippen molar-refractivity contribution in [1.29, 1.82) is 0 Å². The number of aliphatic hydroxyl groups is 1. The van der Waals surface area contributed by atoms with E-state index in [-0.39, 0.29) is 35.6 Å². The van der Waals surface area contributed by atoms with E-state index >= 15 is 0 Å². The topological polar surface area (TPSA) is 119 Å². The summed E-state index contributed by atoms with van der Waals surface area (Å²) in [4.78, 5) is 42.7. The summed E-state index contributed by atoms with van der Waals surface area (Å²) in [6.45, 7) is 5.50. The lowest BCUT2D eigenvalue weighted by molar-refractivity contribution is -0.147. The second-order valence-corrected chi connectivity index (χ2v) is 13.5. The normalized spacial score (nSPS) is 20.5. The van der Waals surface area contributed by atoms with Gasteiger partial charge in [-0.1, -0.05) is 60.7 Å². The van der Waals surface area contributed by atoms with Crippen LogP contribution in [0.15, 0.2) is 72.8 Å². The Morgan fingerprint density at radius 3 is 2.51 bits per heavy atom. The number of phenolic OH excluding ortho intramolecular Hbond substituents is 1. The lowest BCUT2D eigenvalue weighted by Gasteiger charge is -2.35. The van der Waals surface area contributed by atoms with Crippen molar-refractivity contribution in [1.82, 2.24) is 15.5 Å². The number of nitrogens with one attached hydrogen (secondary N) is 2. The number of amides is 3. The fraction of sp³-hybridized carbons (Fsp3) is 0.382. The van der Waals surface area contributed by atoms with Crippen LogP contribution in [0.2, 0.25) is 0 Å². The molecule has 1 heterocycles. The van der Waals surface area contributed by atoms with Gasteiger partial charge in [0.05, 0.1) is 18.0 Å². The third kappa shape index (κ3) is 6.58. The Hall–Kier alpha value is -3.82. The number of rotatable bonds is 8. The number of carbonyl (C=O) groups excluding carboxylic acids is 3. The smallest absolute Gasteiger partial charge is 0.254 e. The maximum atomic E-state index is 14.0. The van der Waals surface area contributed by atoms with Crippen LogP contribution in [-0.4, -0.2) is 61.6 Å². The molecule has 1 saturated heterocycles. The van der Waals surface area contributed by atoms with Crippen LogP contribution < -0.4 is 10.6 Å². The summed E-state index contributed by atoms with van der Waals surface area (Å²) in [5.74, 6) is -1.16. The van der Waals surface area contributed by atoms with Crippen LogP contribution in [0.1, 0.15) is 65.3 Å². The summed E-state index contributed by atoms with van der Waals surface area (Å²) in [6, 6.07) is 20.1. The number of fused-ring (bicyclic) bond motifs is 1. The first-order valence-electron chi connectivity index (χ1n) is 14.7. The zero-order valence-corrected chi connectivity index (χ0v) is 25.6. The van der Waals surface area contributed by atoms with Gasteiger partial charge in [-0.15, -0.1) is 11.8 Å². The molecule has 5 rings (SSSR count). The maximum absolute atomic E-state index is 14.0. The van der Waals surface area contributed by atoms with E-state index in [0.717, 1.165) is 30.4 Å². The van der Waals surface area contributed by atoms with Gasteiger partial charge >= 0.3 is 0 Å². The lowest BCUT2D eigenvalue weighted by Crippen LogP contribution is -2.59. The van der Waals surface area contributed by atoms with Crippen LogP contribution in [-0.2, 0) is 22.4 Å². The summed E-state index contributed by atoms with van der Waals surface area (Å²) in [7, 11) is 0. The molecular formula is C34H39N3O5S. The second kappa shape index (κ2) is 12.8. The molecule has 0 aromatic heterocycles. The molecule has 4 N–H and O–H groups in total. The third-order valence-electron chi connectivity index (χ3n) is 8.56. The molecule has 1 aliphatic heterocycles. The Balaban J connectivity index is 1.38. The molecule has 0 radical (unpaired) electrons. The largest absolute Gasteiger partial charge is 0.508 e. The highest BCUT2D eigenvalue weighted by Gasteiger charge is 2.50. The number of aryl methyl sites for hydroxylation is 1. The van der Waals surface area contributed by atoms with Gasteiger partial charge in [-0.3, -0.25) is 14.4 Å². The maximum Gasteiger partial charge on any atom is 0.254 e. The van der Waals surface area contributed by atoms with Gasteiger partial charge in [0.2, 0.25) is 5.91 Å². The van der Waals surface area contributed by atoms with Gasteiger partial charge in [0.15, 0.2) is 6.10 Å². The van der Waals surface area contributed by atoms with Gasteiger partial charge in [0.25, 0.3) is 11.8 Å². The zero-order chi connectivity index (χ0) is 30.7. The quantitative estimate of drug-likeness (QED) is 0.306. The molecule has 0 bridgehead atoms. The first-order valence-corrected chi connectivity index (χ1v) is 15.7. The molecule has 226 valence electrons. The summed E-state index contributed by atoms with van der Waals surface area (Å²) >= 11 is 1.49. The van der Waals surface area contributed by atoms with Gasteiger partial charge in [-0.05, 0) is 75.3 Å². The zero-order valence-electron chi connectivity index (χ0n) is 24.7. The van der Waals surface area contributed by atoms with Crippen molar-refractivity contribution in [3.8, 4) is 5.75 Å². The number of carbonyl (C=O) groups is 3. The highest BCUT2D eigenvalue weighted by Crippen LogP contribution is 2.40. The number of hydrogen-bond donors (Lipinski definition) is 4. The van der Waals surface area contributed by atoms with E-state index in [0.29, 0.717) is 5.56 Å². The minimum absolute atomic E-state index is 0.0188. The fourth-order valence-corrected chi connectivity index (χ4v) is 7.27. The van der Waals surface area contributed by atoms with Crippen LogP contribution in [0.5, 0.6) is 5.75 Å². The molecule has 3 aromatic carbocycles. The van der Waals surface area contributed by atoms with Crippen LogP contribution in [0.3, 0.4) is 0 Å². The first kappa shape index (κ1) is 30.6. The molecule has 1 fully saturated rings. The summed E-state index contributed by atoms with van der Waals surface area (Å²) in [5, 5.41) is 27.7. The van der Waals surface area contributed by atoms with E-state index in [1.807, 2.05) is 62.4 Å². The number of hydrogen-bond acceptors (Lipinski definition) is 6. The molecule has 9 heteroatoms. The average Bonchev–Trinajstić information content (AvgIpc) is 3.32. The van der Waals surface area contributed by atoms with Crippen molar-refractivity contribution >= 4 is 29.5 Å². The SMILES string of the molecule is Cc1c(O)cccc1C(=O)N[C@@H](Cc1ccccc1)[C@H](O)C(=O)N1CSC(C)(C)[C@H]1C(=O)N[C@@H]1CCCc2ccccc21. The van der Waals surface area contributed by atoms with Crippen LogP contribution in [0, 0.1) is 6.92 Å². The number of benzene rings is 3. The molecule has 1 aliphatic carbocycles. The van der Waals surface area contributed by atoms with Gasteiger partial charge in [0.1, 0.15) is 11.8 Å². The molecule has 4 atom stereocenters. The Labute approximate surface area is 256 Å². The number of thioether (sulfide) groups is 1. The number of nitrogens with zero attached hydrogens (tertiary/aromatic N) is 1. The van der Waals surface area contributed by atoms with Crippen LogP contribution >= 0.6 is 11.8 Å². The van der Waals surface area contributed by atoms with Gasteiger partial charge < -0.3 is 25.7 Å². The lowest BCUT2D eigenvalue weighted by atomic mass is 9.87. The standard InChI is InChI=1S/C34H39N3O5S/c1-21-24(16-10-18-28(21)38)31(40)36-27(19-22-11-5-4-6-12-22)29(39)33(42)37-20-43-34(2,3)30(37)32(41)35-26-17-9-14-23-13-7-8-15-25(23)26/h4-8,10-13,15-16,18,26-27,29-30,38-39H,9,14,17,19-20H2,1-3H3,(H,35,41)(H,36,40)/t26-,27+,29+,30-/m1/s1. The Morgan fingerprint density at radius 2 is 1.74 bits per heavy atom. The van der Waals surface area contributed by atoms with Crippen molar-refractivity contribution in [3.63, 3.8) is 0 Å². The molecule has 0 unspecified atom stereocenters. The summed E-state index contributed by atoms with van der Waals surface area (Å²) in [5.41, 5.74) is 3.81. The van der Waals surface area contributed by atoms with E-state index in [1.54, 1.807) is 19.1 Å². The average molecular weight is 602 g/mol. The van der Waals surface area contributed by atoms with Gasteiger partial charge in [-0.25, -0.2) is 0 Å². The minimum Gasteiger partial charge on any atom is -0.508 e. The van der Waals surface area contributed by atoms with E-state index in [4.69, 9.17) is 0 Å². The molecule has 0 spiro atoms. The second-order valence-electron chi connectivity index (χ2n) is 11.9. The van der Waals surface area contributed by atoms with Gasteiger partial charge in [-0.2, -0.15) is 0 Å². The first-order chi connectivity index (χ1) is 20.6. The molecule has 3 aromatic rings. The number of aliphatic hydroxyl groups excluding tert-OH is 1. The fourth-order valence-electron chi connectivity index (χ4n) is 6.13. The molecule has 8 nitrogen and oxygen atoms in total. The van der Waals surface area contributed by atoms with Crippen LogP contribution in [0.4, 0.5) is 0 Å². The van der Waals surface area contributed by atoms with Crippen molar-refractivity contribution in [2.75, 3.05) is 5.88 Å². The Bertz CT molecular complexity index is 1490. The van der Waals surface area contributed by atoms with E-state index in [9.17, 15) is 24.6 Å². The summed E-state index contributed by atoms with van der Waals surface area (Å²) in [6.07, 6.45) is 1.34. The van der Waals surface area contributed by atoms with Gasteiger partial charge in [0, 0.05) is 15.9 Å². The van der Waals surface area contributed by atoms with Crippen molar-refractivity contribution in [2.45, 2.75) is 75.4 Å². The van der Waals surface area contributed by atoms with E-state index in [1.165, 1.54) is 28.3 Å². The monoisotopic (exact) mass is 601 g/mol. The molecular weight excluding hydrogens is 562 g/mol. The Kier molecular flexibility index (Phi) is 9.13. The van der Waals surface area contributed by atoms with E-state index < -0.39 is 34.7 Å². The van der Waals surface area contributed by atoms with Crippen molar-refractivity contribution in [3.05, 3.63) is 101 Å². The Morgan fingerprint density at radius 1 is 1.02 bits per heavy atom. The van der Waals surface area contributed by atoms with Crippen LogP contribution in [0.25, 0.3) is 0 Å². The predicted molar refractivity (Wildman–Crippen MR) is 168 cm³/mol. The molecule has 43 heavy (non-hydrogen) atoms.